The lowest BCUT2D eigenvalue weighted by Crippen LogP contribution is -2.32. The summed E-state index contributed by atoms with van der Waals surface area (Å²) >= 11 is 2.87. The first-order valence-electron chi connectivity index (χ1n) is 7.27. The molecule has 1 amide bonds. The van der Waals surface area contributed by atoms with Crippen molar-refractivity contribution in [3.63, 3.8) is 0 Å². The third kappa shape index (κ3) is 4.84. The van der Waals surface area contributed by atoms with E-state index < -0.39 is 5.97 Å². The molecule has 0 saturated heterocycles. The molecule has 0 bridgehead atoms. The fraction of sp³-hybridized carbons (Fsp3) is 0.294. The van der Waals surface area contributed by atoms with Crippen molar-refractivity contribution in [3.8, 4) is 0 Å². The fourth-order valence-electron chi connectivity index (χ4n) is 2.16. The lowest BCUT2D eigenvalue weighted by atomic mass is 10.0. The number of rotatable bonds is 7. The molecule has 0 aliphatic heterocycles. The van der Waals surface area contributed by atoms with Gasteiger partial charge in [0.25, 0.3) is 0 Å². The SMILES string of the molecule is CC(C)[C@@H](NC(=O)CSc1ccccc1C(=O)O)c1cccs1. The van der Waals surface area contributed by atoms with Gasteiger partial charge in [0.15, 0.2) is 0 Å². The highest BCUT2D eigenvalue weighted by Gasteiger charge is 2.19. The molecule has 23 heavy (non-hydrogen) atoms. The summed E-state index contributed by atoms with van der Waals surface area (Å²) in [4.78, 5) is 25.1. The van der Waals surface area contributed by atoms with Gasteiger partial charge >= 0.3 is 5.97 Å². The zero-order valence-electron chi connectivity index (χ0n) is 13.0. The summed E-state index contributed by atoms with van der Waals surface area (Å²) in [6.45, 7) is 4.13. The number of hydrogen-bond donors (Lipinski definition) is 2. The average molecular weight is 349 g/mol. The molecule has 0 fully saturated rings. The molecule has 0 spiro atoms. The highest BCUT2D eigenvalue weighted by Crippen LogP contribution is 2.27. The molecule has 2 rings (SSSR count). The quantitative estimate of drug-likeness (QED) is 0.740. The number of thioether (sulfide) groups is 1. The number of hydrogen-bond acceptors (Lipinski definition) is 4. The van der Waals surface area contributed by atoms with Gasteiger partial charge in [-0.2, -0.15) is 0 Å². The van der Waals surface area contributed by atoms with Crippen molar-refractivity contribution in [2.75, 3.05) is 5.75 Å². The summed E-state index contributed by atoms with van der Waals surface area (Å²) in [5, 5.41) is 14.2. The molecule has 1 aromatic heterocycles. The number of nitrogens with one attached hydrogen (secondary N) is 1. The van der Waals surface area contributed by atoms with Gasteiger partial charge in [0.05, 0.1) is 17.4 Å². The van der Waals surface area contributed by atoms with Crippen molar-refractivity contribution >= 4 is 35.0 Å². The van der Waals surface area contributed by atoms with Crippen molar-refractivity contribution in [1.29, 1.82) is 0 Å². The van der Waals surface area contributed by atoms with Gasteiger partial charge in [0.1, 0.15) is 0 Å². The van der Waals surface area contributed by atoms with E-state index in [0.29, 0.717) is 4.90 Å². The number of carboxylic acid groups (broad SMARTS) is 1. The number of carbonyl (C=O) groups excluding carboxylic acids is 1. The molecule has 2 aromatic rings. The molecule has 1 atom stereocenters. The Morgan fingerprint density at radius 1 is 1.22 bits per heavy atom. The molecule has 4 nitrogen and oxygen atoms in total. The number of carboxylic acids is 1. The van der Waals surface area contributed by atoms with Crippen LogP contribution in [-0.4, -0.2) is 22.7 Å². The van der Waals surface area contributed by atoms with Crippen LogP contribution in [0.25, 0.3) is 0 Å². The monoisotopic (exact) mass is 349 g/mol. The highest BCUT2D eigenvalue weighted by molar-refractivity contribution is 8.00. The minimum atomic E-state index is -0.979. The van der Waals surface area contributed by atoms with Gasteiger partial charge in [0, 0.05) is 9.77 Å². The van der Waals surface area contributed by atoms with Crippen molar-refractivity contribution in [2.24, 2.45) is 5.92 Å². The Balaban J connectivity index is 1.99. The van der Waals surface area contributed by atoms with E-state index in [4.69, 9.17) is 5.11 Å². The van der Waals surface area contributed by atoms with Crippen molar-refractivity contribution < 1.29 is 14.7 Å². The molecule has 122 valence electrons. The second kappa shape index (κ2) is 8.17. The molecular weight excluding hydrogens is 330 g/mol. The molecule has 6 heteroatoms. The van der Waals surface area contributed by atoms with Gasteiger partial charge in [-0.1, -0.05) is 32.0 Å². The zero-order valence-corrected chi connectivity index (χ0v) is 14.6. The van der Waals surface area contributed by atoms with E-state index in [9.17, 15) is 9.59 Å². The van der Waals surface area contributed by atoms with Crippen LogP contribution >= 0.6 is 23.1 Å². The third-order valence-corrected chi connectivity index (χ3v) is 5.34. The van der Waals surface area contributed by atoms with Gasteiger partial charge in [-0.3, -0.25) is 4.79 Å². The molecular formula is C17H19NO3S2. The van der Waals surface area contributed by atoms with E-state index in [1.807, 2.05) is 17.5 Å². The Hall–Kier alpha value is -1.79. The zero-order chi connectivity index (χ0) is 16.8. The number of carbonyl (C=O) groups is 2. The summed E-state index contributed by atoms with van der Waals surface area (Å²) in [5.74, 6) is -0.595. The van der Waals surface area contributed by atoms with Crippen molar-refractivity contribution in [1.82, 2.24) is 5.32 Å². The van der Waals surface area contributed by atoms with Crippen LogP contribution in [0.3, 0.4) is 0 Å². The fourth-order valence-corrected chi connectivity index (χ4v) is 3.97. The topological polar surface area (TPSA) is 66.4 Å². The first kappa shape index (κ1) is 17.6. The van der Waals surface area contributed by atoms with Crippen LogP contribution in [0.4, 0.5) is 0 Å². The van der Waals surface area contributed by atoms with Crippen LogP contribution in [0.1, 0.15) is 35.1 Å². The maximum Gasteiger partial charge on any atom is 0.336 e. The van der Waals surface area contributed by atoms with E-state index in [1.54, 1.807) is 35.6 Å². The van der Waals surface area contributed by atoms with E-state index >= 15 is 0 Å². The average Bonchev–Trinajstić information content (AvgIpc) is 3.04. The van der Waals surface area contributed by atoms with E-state index in [2.05, 4.69) is 19.2 Å². The van der Waals surface area contributed by atoms with Crippen LogP contribution in [0.5, 0.6) is 0 Å². The second-order valence-corrected chi connectivity index (χ2v) is 7.39. The second-order valence-electron chi connectivity index (χ2n) is 5.39. The number of amides is 1. The lowest BCUT2D eigenvalue weighted by molar-refractivity contribution is -0.119. The van der Waals surface area contributed by atoms with Crippen LogP contribution in [0, 0.1) is 5.92 Å². The molecule has 0 saturated carbocycles. The van der Waals surface area contributed by atoms with Gasteiger partial charge in [-0.05, 0) is 29.5 Å². The summed E-state index contributed by atoms with van der Waals surface area (Å²) < 4.78 is 0. The Labute approximate surface area is 143 Å². The van der Waals surface area contributed by atoms with Gasteiger partial charge in [-0.15, -0.1) is 23.1 Å². The Morgan fingerprint density at radius 2 is 1.96 bits per heavy atom. The minimum absolute atomic E-state index is 0.0159. The molecule has 0 radical (unpaired) electrons. The number of benzene rings is 1. The predicted octanol–water partition coefficient (Wildman–Crippen LogP) is 4.05. The maximum atomic E-state index is 12.2. The Morgan fingerprint density at radius 3 is 2.57 bits per heavy atom. The summed E-state index contributed by atoms with van der Waals surface area (Å²) in [5.41, 5.74) is 0.226. The van der Waals surface area contributed by atoms with Crippen LogP contribution in [0.2, 0.25) is 0 Å². The summed E-state index contributed by atoms with van der Waals surface area (Å²) in [6, 6.07) is 10.7. The molecule has 0 unspecified atom stereocenters. The molecule has 1 aromatic carbocycles. The largest absolute Gasteiger partial charge is 0.478 e. The van der Waals surface area contributed by atoms with Crippen molar-refractivity contribution in [2.45, 2.75) is 24.8 Å². The molecule has 0 aliphatic carbocycles. The number of aromatic carboxylic acids is 1. The van der Waals surface area contributed by atoms with Gasteiger partial charge < -0.3 is 10.4 Å². The smallest absolute Gasteiger partial charge is 0.336 e. The first-order valence-corrected chi connectivity index (χ1v) is 9.13. The van der Waals surface area contributed by atoms with Gasteiger partial charge in [0.2, 0.25) is 5.91 Å². The highest BCUT2D eigenvalue weighted by atomic mass is 32.2. The van der Waals surface area contributed by atoms with E-state index in [-0.39, 0.29) is 29.2 Å². The Kier molecular flexibility index (Phi) is 6.24. The maximum absolute atomic E-state index is 12.2. The minimum Gasteiger partial charge on any atom is -0.478 e. The normalized spacial score (nSPS) is 12.1. The van der Waals surface area contributed by atoms with Gasteiger partial charge in [-0.25, -0.2) is 4.79 Å². The predicted molar refractivity (Wildman–Crippen MR) is 94.2 cm³/mol. The standard InChI is InChI=1S/C17H19NO3S2/c1-11(2)16(14-8-5-9-22-14)18-15(19)10-23-13-7-4-3-6-12(13)17(20)21/h3-9,11,16H,10H2,1-2H3,(H,18,19)(H,20,21)/t16-/m1/s1. The van der Waals surface area contributed by atoms with Crippen LogP contribution < -0.4 is 5.32 Å². The van der Waals surface area contributed by atoms with E-state index in [0.717, 1.165) is 4.88 Å². The van der Waals surface area contributed by atoms with E-state index in [1.165, 1.54) is 11.8 Å². The number of thiophene rings is 1. The lowest BCUT2D eigenvalue weighted by Gasteiger charge is -2.21. The first-order chi connectivity index (χ1) is 11.0. The Bertz CT molecular complexity index is 668. The van der Waals surface area contributed by atoms with Crippen LogP contribution in [0.15, 0.2) is 46.7 Å². The van der Waals surface area contributed by atoms with Crippen molar-refractivity contribution in [3.05, 3.63) is 52.2 Å². The molecule has 0 aliphatic rings. The summed E-state index contributed by atoms with van der Waals surface area (Å²) in [6.07, 6.45) is 0. The third-order valence-electron chi connectivity index (χ3n) is 3.31. The molecule has 2 N–H and O–H groups in total. The summed E-state index contributed by atoms with van der Waals surface area (Å²) in [7, 11) is 0. The molecule has 1 heterocycles. The van der Waals surface area contributed by atoms with Crippen LogP contribution in [-0.2, 0) is 4.79 Å².